The summed E-state index contributed by atoms with van der Waals surface area (Å²) >= 11 is 6.08. The minimum atomic E-state index is -1.27. The summed E-state index contributed by atoms with van der Waals surface area (Å²) in [6.07, 6.45) is 1.52. The van der Waals surface area contributed by atoms with Crippen LogP contribution < -0.4 is 5.56 Å². The van der Waals surface area contributed by atoms with Gasteiger partial charge in [0.1, 0.15) is 11.2 Å². The first-order chi connectivity index (χ1) is 11.9. The number of benzene rings is 1. The number of nitrogens with one attached hydrogen (secondary N) is 1. The molecule has 1 saturated carbocycles. The molecule has 0 amide bonds. The minimum absolute atomic E-state index is 0.0423. The molecular formula is C17H13ClFN3O3. The average Bonchev–Trinajstić information content (AvgIpc) is 3.32. The fourth-order valence-electron chi connectivity index (χ4n) is 2.98. The summed E-state index contributed by atoms with van der Waals surface area (Å²) in [5.41, 5.74) is 0.535. The van der Waals surface area contributed by atoms with Gasteiger partial charge in [-0.3, -0.25) is 4.79 Å². The fraction of sp³-hybridized carbons (Fsp3) is 0.235. The van der Waals surface area contributed by atoms with E-state index in [0.717, 1.165) is 22.9 Å². The van der Waals surface area contributed by atoms with Gasteiger partial charge in [-0.2, -0.15) is 14.0 Å². The van der Waals surface area contributed by atoms with E-state index in [1.54, 1.807) is 18.2 Å². The number of hydrogen-bond donors (Lipinski definition) is 2. The van der Waals surface area contributed by atoms with Gasteiger partial charge in [-0.15, -0.1) is 0 Å². The number of carboxylic acid groups (broad SMARTS) is 1. The highest BCUT2D eigenvalue weighted by Crippen LogP contribution is 2.43. The molecule has 0 aliphatic heterocycles. The SMILES string of the molecule is Cc1ccc(-c2[nH]c(=O)c3c(C4CC4)c(C(=O)O)nn3c2F)cc1Cl. The largest absolute Gasteiger partial charge is 0.476 e. The third-order valence-electron chi connectivity index (χ3n) is 4.42. The predicted molar refractivity (Wildman–Crippen MR) is 89.9 cm³/mol. The van der Waals surface area contributed by atoms with Crippen LogP contribution in [0.4, 0.5) is 4.39 Å². The molecule has 1 aromatic carbocycles. The van der Waals surface area contributed by atoms with Gasteiger partial charge < -0.3 is 10.1 Å². The molecule has 0 saturated heterocycles. The number of H-pyrrole nitrogens is 1. The Morgan fingerprint density at radius 2 is 2.16 bits per heavy atom. The van der Waals surface area contributed by atoms with Crippen molar-refractivity contribution < 1.29 is 14.3 Å². The standard InChI is InChI=1S/C17H13ClFN3O3/c1-7-2-3-9(6-10(7)18)12-15(19)22-14(16(23)20-12)11(8-4-5-8)13(21-22)17(24)25/h2-3,6,8H,4-5H2,1H3,(H,20,23)(H,24,25). The maximum Gasteiger partial charge on any atom is 0.356 e. The third kappa shape index (κ3) is 2.42. The van der Waals surface area contributed by atoms with Crippen LogP contribution in [0, 0.1) is 12.9 Å². The average molecular weight is 362 g/mol. The Morgan fingerprint density at radius 3 is 2.76 bits per heavy atom. The van der Waals surface area contributed by atoms with E-state index in [1.807, 2.05) is 6.92 Å². The second-order valence-corrected chi connectivity index (χ2v) is 6.59. The van der Waals surface area contributed by atoms with E-state index in [9.17, 15) is 14.7 Å². The highest BCUT2D eigenvalue weighted by molar-refractivity contribution is 6.31. The number of carboxylic acids is 1. The number of halogens is 2. The first-order valence-electron chi connectivity index (χ1n) is 7.72. The fourth-order valence-corrected chi connectivity index (χ4v) is 3.16. The van der Waals surface area contributed by atoms with Gasteiger partial charge in [0.2, 0.25) is 5.95 Å². The molecule has 128 valence electrons. The van der Waals surface area contributed by atoms with Crippen LogP contribution in [0.25, 0.3) is 16.8 Å². The molecule has 8 heteroatoms. The lowest BCUT2D eigenvalue weighted by Gasteiger charge is -2.07. The van der Waals surface area contributed by atoms with Gasteiger partial charge in [-0.1, -0.05) is 23.7 Å². The quantitative estimate of drug-likeness (QED) is 0.748. The number of hydrogen-bond acceptors (Lipinski definition) is 3. The first kappa shape index (κ1) is 15.8. The monoisotopic (exact) mass is 361 g/mol. The van der Waals surface area contributed by atoms with Crippen LogP contribution in [0.15, 0.2) is 23.0 Å². The maximum atomic E-state index is 15.0. The second kappa shape index (κ2) is 5.42. The zero-order valence-electron chi connectivity index (χ0n) is 13.1. The van der Waals surface area contributed by atoms with Gasteiger partial charge in [-0.05, 0) is 37.3 Å². The summed E-state index contributed by atoms with van der Waals surface area (Å²) in [5, 5.41) is 13.6. The zero-order chi connectivity index (χ0) is 17.9. The Bertz CT molecular complexity index is 1100. The summed E-state index contributed by atoms with van der Waals surface area (Å²) < 4.78 is 15.8. The number of carbonyl (C=O) groups is 1. The minimum Gasteiger partial charge on any atom is -0.476 e. The first-order valence-corrected chi connectivity index (χ1v) is 8.10. The molecule has 2 heterocycles. The number of nitrogens with zero attached hydrogens (tertiary/aromatic N) is 2. The van der Waals surface area contributed by atoms with Crippen molar-refractivity contribution >= 4 is 23.1 Å². The Labute approximate surface area is 145 Å². The van der Waals surface area contributed by atoms with Crippen LogP contribution in [-0.4, -0.2) is 25.7 Å². The lowest BCUT2D eigenvalue weighted by Crippen LogP contribution is -2.15. The molecule has 0 spiro atoms. The van der Waals surface area contributed by atoms with Crippen LogP contribution in [0.2, 0.25) is 5.02 Å². The Hall–Kier alpha value is -2.67. The lowest BCUT2D eigenvalue weighted by atomic mass is 10.1. The highest BCUT2D eigenvalue weighted by Gasteiger charge is 2.35. The van der Waals surface area contributed by atoms with Crippen LogP contribution in [0.5, 0.6) is 0 Å². The van der Waals surface area contributed by atoms with Crippen molar-refractivity contribution in [1.82, 2.24) is 14.6 Å². The molecule has 0 radical (unpaired) electrons. The summed E-state index contributed by atoms with van der Waals surface area (Å²) in [6, 6.07) is 4.88. The number of aryl methyl sites for hydroxylation is 1. The predicted octanol–water partition coefficient (Wildman–Crippen LogP) is 3.37. The molecule has 4 rings (SSSR count). The zero-order valence-corrected chi connectivity index (χ0v) is 13.9. The molecule has 1 aliphatic rings. The van der Waals surface area contributed by atoms with E-state index >= 15 is 4.39 Å². The number of rotatable bonds is 3. The van der Waals surface area contributed by atoms with Crippen LogP contribution in [-0.2, 0) is 0 Å². The molecular weight excluding hydrogens is 349 g/mol. The van der Waals surface area contributed by atoms with Crippen LogP contribution >= 0.6 is 11.6 Å². The number of aromatic amines is 1. The number of aromatic carboxylic acids is 1. The summed E-state index contributed by atoms with van der Waals surface area (Å²) in [4.78, 5) is 26.5. The Kier molecular flexibility index (Phi) is 3.43. The molecule has 3 aromatic rings. The summed E-state index contributed by atoms with van der Waals surface area (Å²) in [6.45, 7) is 1.81. The molecule has 0 unspecified atom stereocenters. The summed E-state index contributed by atoms with van der Waals surface area (Å²) in [5.74, 6) is -2.17. The Morgan fingerprint density at radius 1 is 1.44 bits per heavy atom. The third-order valence-corrected chi connectivity index (χ3v) is 4.82. The molecule has 2 aromatic heterocycles. The normalized spacial score (nSPS) is 14.2. The van der Waals surface area contributed by atoms with E-state index in [-0.39, 0.29) is 22.8 Å². The van der Waals surface area contributed by atoms with Crippen molar-refractivity contribution in [3.8, 4) is 11.3 Å². The molecule has 0 atom stereocenters. The van der Waals surface area contributed by atoms with Crippen LogP contribution in [0.1, 0.15) is 40.4 Å². The van der Waals surface area contributed by atoms with Crippen LogP contribution in [0.3, 0.4) is 0 Å². The Balaban J connectivity index is 2.03. The number of fused-ring (bicyclic) bond motifs is 1. The molecule has 6 nitrogen and oxygen atoms in total. The maximum absolute atomic E-state index is 15.0. The van der Waals surface area contributed by atoms with E-state index in [4.69, 9.17) is 11.6 Å². The van der Waals surface area contributed by atoms with Crippen molar-refractivity contribution in [2.75, 3.05) is 0 Å². The number of aromatic nitrogens is 3. The van der Waals surface area contributed by atoms with Crippen molar-refractivity contribution in [2.24, 2.45) is 0 Å². The van der Waals surface area contributed by atoms with Gasteiger partial charge in [0.15, 0.2) is 5.69 Å². The van der Waals surface area contributed by atoms with Gasteiger partial charge in [0.05, 0.1) is 0 Å². The molecule has 25 heavy (non-hydrogen) atoms. The van der Waals surface area contributed by atoms with Crippen molar-refractivity contribution in [3.63, 3.8) is 0 Å². The smallest absolute Gasteiger partial charge is 0.356 e. The molecule has 1 aliphatic carbocycles. The van der Waals surface area contributed by atoms with Gasteiger partial charge >= 0.3 is 5.97 Å². The molecule has 2 N–H and O–H groups in total. The molecule has 0 bridgehead atoms. The molecule has 1 fully saturated rings. The van der Waals surface area contributed by atoms with E-state index in [2.05, 4.69) is 10.1 Å². The topological polar surface area (TPSA) is 87.5 Å². The van der Waals surface area contributed by atoms with Gasteiger partial charge in [0, 0.05) is 16.1 Å². The second-order valence-electron chi connectivity index (χ2n) is 6.19. The summed E-state index contributed by atoms with van der Waals surface area (Å²) in [7, 11) is 0. The van der Waals surface area contributed by atoms with E-state index in [0.29, 0.717) is 16.1 Å². The van der Waals surface area contributed by atoms with Gasteiger partial charge in [0.25, 0.3) is 5.56 Å². The van der Waals surface area contributed by atoms with E-state index in [1.165, 1.54) is 0 Å². The van der Waals surface area contributed by atoms with Crippen molar-refractivity contribution in [1.29, 1.82) is 0 Å². The lowest BCUT2D eigenvalue weighted by molar-refractivity contribution is 0.0688. The van der Waals surface area contributed by atoms with Crippen molar-refractivity contribution in [3.05, 3.63) is 56.3 Å². The van der Waals surface area contributed by atoms with Gasteiger partial charge in [-0.25, -0.2) is 4.79 Å². The van der Waals surface area contributed by atoms with Crippen molar-refractivity contribution in [2.45, 2.75) is 25.7 Å². The van der Waals surface area contributed by atoms with E-state index < -0.39 is 17.5 Å². The highest BCUT2D eigenvalue weighted by atomic mass is 35.5.